The van der Waals surface area contributed by atoms with Crippen molar-refractivity contribution in [2.24, 2.45) is 11.8 Å². The van der Waals surface area contributed by atoms with E-state index in [1.165, 1.54) is 0 Å². The molecule has 4 rings (SSSR count). The van der Waals surface area contributed by atoms with Gasteiger partial charge in [-0.1, -0.05) is 60.7 Å². The summed E-state index contributed by atoms with van der Waals surface area (Å²) in [6, 6.07) is 19.2. The summed E-state index contributed by atoms with van der Waals surface area (Å²) in [7, 11) is 0. The van der Waals surface area contributed by atoms with Crippen LogP contribution in [0.5, 0.6) is 0 Å². The van der Waals surface area contributed by atoms with E-state index in [0.29, 0.717) is 52.2 Å². The molecule has 2 aromatic rings. The zero-order valence-electron chi connectivity index (χ0n) is 24.5. The van der Waals surface area contributed by atoms with Gasteiger partial charge in [-0.25, -0.2) is 9.59 Å². The number of carbonyl (C=O) groups excluding carboxylic acids is 3. The zero-order valence-corrected chi connectivity index (χ0v) is 24.5. The Bertz CT molecular complexity index is 1070. The highest BCUT2D eigenvalue weighted by Gasteiger charge is 2.32. The van der Waals surface area contributed by atoms with Crippen LogP contribution in [0.2, 0.25) is 0 Å². The summed E-state index contributed by atoms with van der Waals surface area (Å²) in [4.78, 5) is 38.9. The SMILES string of the molecule is CC(C)(O)C1CCN(C(=O)OCc2ccccc2)CC1.CCOC(=O)C1CCN(C(=O)OCc2ccccc2)CC1. The van der Waals surface area contributed by atoms with Crippen molar-refractivity contribution in [2.45, 2.75) is 65.3 Å². The molecule has 0 spiro atoms. The minimum Gasteiger partial charge on any atom is -0.466 e. The minimum absolute atomic E-state index is 0.0943. The molecule has 1 N–H and O–H groups in total. The highest BCUT2D eigenvalue weighted by molar-refractivity contribution is 5.73. The molecule has 0 unspecified atom stereocenters. The van der Waals surface area contributed by atoms with Gasteiger partial charge in [-0.15, -0.1) is 0 Å². The first-order chi connectivity index (χ1) is 19.7. The Hall–Kier alpha value is -3.59. The fourth-order valence-corrected chi connectivity index (χ4v) is 4.95. The van der Waals surface area contributed by atoms with Gasteiger partial charge in [-0.05, 0) is 63.5 Å². The van der Waals surface area contributed by atoms with E-state index in [1.807, 2.05) is 74.5 Å². The molecule has 0 aliphatic carbocycles. The lowest BCUT2D eigenvalue weighted by molar-refractivity contribution is -0.149. The van der Waals surface area contributed by atoms with Crippen LogP contribution in [-0.4, -0.2) is 71.4 Å². The van der Waals surface area contributed by atoms with Gasteiger partial charge in [0.25, 0.3) is 0 Å². The molecule has 0 saturated carbocycles. The van der Waals surface area contributed by atoms with Crippen molar-refractivity contribution in [2.75, 3.05) is 32.8 Å². The number of rotatable bonds is 7. The number of likely N-dealkylation sites (tertiary alicyclic amines) is 2. The molecule has 2 aromatic carbocycles. The van der Waals surface area contributed by atoms with E-state index in [9.17, 15) is 19.5 Å². The summed E-state index contributed by atoms with van der Waals surface area (Å²) in [5.74, 6) is -0.00130. The highest BCUT2D eigenvalue weighted by atomic mass is 16.6. The number of amides is 2. The second kappa shape index (κ2) is 16.0. The number of piperidine rings is 2. The summed E-state index contributed by atoms with van der Waals surface area (Å²) in [6.07, 6.45) is 2.34. The van der Waals surface area contributed by atoms with Crippen LogP contribution in [0.4, 0.5) is 9.59 Å². The van der Waals surface area contributed by atoms with Crippen molar-refractivity contribution >= 4 is 18.2 Å². The Labute approximate surface area is 243 Å². The molecule has 0 atom stereocenters. The fourth-order valence-electron chi connectivity index (χ4n) is 4.95. The second-order valence-corrected chi connectivity index (χ2v) is 11.0. The largest absolute Gasteiger partial charge is 0.466 e. The zero-order chi connectivity index (χ0) is 29.7. The molecule has 9 heteroatoms. The molecule has 2 heterocycles. The molecule has 2 fully saturated rings. The molecule has 0 bridgehead atoms. The van der Waals surface area contributed by atoms with Gasteiger partial charge in [0.1, 0.15) is 13.2 Å². The Morgan fingerprint density at radius 2 is 1.15 bits per heavy atom. The van der Waals surface area contributed by atoms with Gasteiger partial charge in [-0.2, -0.15) is 0 Å². The van der Waals surface area contributed by atoms with Gasteiger partial charge in [0.15, 0.2) is 0 Å². The second-order valence-electron chi connectivity index (χ2n) is 11.0. The molecule has 2 amide bonds. The maximum Gasteiger partial charge on any atom is 0.410 e. The quantitative estimate of drug-likeness (QED) is 0.352. The molecular weight excluding hydrogens is 524 g/mol. The van der Waals surface area contributed by atoms with Crippen molar-refractivity contribution < 1.29 is 33.7 Å². The van der Waals surface area contributed by atoms with Crippen LogP contribution < -0.4 is 0 Å². The number of esters is 1. The predicted molar refractivity (Wildman–Crippen MR) is 155 cm³/mol. The maximum atomic E-state index is 12.0. The normalized spacial score (nSPS) is 16.3. The predicted octanol–water partition coefficient (Wildman–Crippen LogP) is 5.40. The van der Waals surface area contributed by atoms with Gasteiger partial charge in [0, 0.05) is 26.2 Å². The monoisotopic (exact) mass is 568 g/mol. The third kappa shape index (κ3) is 10.7. The molecule has 0 aromatic heterocycles. The van der Waals surface area contributed by atoms with E-state index < -0.39 is 5.60 Å². The fraction of sp³-hybridized carbons (Fsp3) is 0.531. The lowest BCUT2D eigenvalue weighted by Crippen LogP contribution is -2.44. The van der Waals surface area contributed by atoms with E-state index in [4.69, 9.17) is 14.2 Å². The Balaban J connectivity index is 0.000000226. The number of carbonyl (C=O) groups is 3. The third-order valence-electron chi connectivity index (χ3n) is 7.54. The average molecular weight is 569 g/mol. The molecule has 9 nitrogen and oxygen atoms in total. The lowest BCUT2D eigenvalue weighted by Gasteiger charge is -2.37. The number of nitrogens with zero attached hydrogens (tertiary/aromatic N) is 2. The van der Waals surface area contributed by atoms with Crippen molar-refractivity contribution in [1.29, 1.82) is 0 Å². The first-order valence-electron chi connectivity index (χ1n) is 14.5. The van der Waals surface area contributed by atoms with E-state index in [0.717, 1.165) is 24.0 Å². The van der Waals surface area contributed by atoms with Crippen LogP contribution in [0.1, 0.15) is 57.6 Å². The van der Waals surface area contributed by atoms with Crippen LogP contribution in [-0.2, 0) is 32.2 Å². The third-order valence-corrected chi connectivity index (χ3v) is 7.54. The Morgan fingerprint density at radius 3 is 1.54 bits per heavy atom. The molecule has 2 aliphatic heterocycles. The van der Waals surface area contributed by atoms with E-state index in [1.54, 1.807) is 16.7 Å². The first kappa shape index (κ1) is 31.9. The van der Waals surface area contributed by atoms with Crippen LogP contribution >= 0.6 is 0 Å². The first-order valence-corrected chi connectivity index (χ1v) is 14.5. The summed E-state index contributed by atoms with van der Waals surface area (Å²) >= 11 is 0. The van der Waals surface area contributed by atoms with E-state index in [-0.39, 0.29) is 36.6 Å². The molecule has 41 heavy (non-hydrogen) atoms. The minimum atomic E-state index is -0.667. The van der Waals surface area contributed by atoms with Crippen molar-refractivity contribution in [3.8, 4) is 0 Å². The summed E-state index contributed by atoms with van der Waals surface area (Å²) in [5.41, 5.74) is 1.29. The van der Waals surface area contributed by atoms with Crippen molar-refractivity contribution in [1.82, 2.24) is 9.80 Å². The molecule has 2 saturated heterocycles. The van der Waals surface area contributed by atoms with Crippen LogP contribution in [0.15, 0.2) is 60.7 Å². The number of benzene rings is 2. The van der Waals surface area contributed by atoms with Gasteiger partial charge in [0.05, 0.1) is 18.1 Å². The number of ether oxygens (including phenoxy) is 3. The molecule has 2 aliphatic rings. The average Bonchev–Trinajstić information content (AvgIpc) is 3.00. The van der Waals surface area contributed by atoms with Crippen LogP contribution in [0, 0.1) is 11.8 Å². The topological polar surface area (TPSA) is 106 Å². The summed E-state index contributed by atoms with van der Waals surface area (Å²) < 4.78 is 15.6. The molecule has 224 valence electrons. The van der Waals surface area contributed by atoms with E-state index in [2.05, 4.69) is 0 Å². The summed E-state index contributed by atoms with van der Waals surface area (Å²) in [6.45, 7) is 8.84. The number of aliphatic hydroxyl groups is 1. The number of hydrogen-bond acceptors (Lipinski definition) is 7. The Kier molecular flexibility index (Phi) is 12.5. The highest BCUT2D eigenvalue weighted by Crippen LogP contribution is 2.28. The summed E-state index contributed by atoms with van der Waals surface area (Å²) in [5, 5.41) is 9.98. The van der Waals surface area contributed by atoms with Crippen LogP contribution in [0.3, 0.4) is 0 Å². The van der Waals surface area contributed by atoms with Crippen molar-refractivity contribution in [3.05, 3.63) is 71.8 Å². The molecule has 0 radical (unpaired) electrons. The maximum absolute atomic E-state index is 12.0. The number of hydrogen-bond donors (Lipinski definition) is 1. The van der Waals surface area contributed by atoms with Gasteiger partial charge in [0.2, 0.25) is 0 Å². The smallest absolute Gasteiger partial charge is 0.410 e. The van der Waals surface area contributed by atoms with Crippen molar-refractivity contribution in [3.63, 3.8) is 0 Å². The van der Waals surface area contributed by atoms with Gasteiger partial charge < -0.3 is 29.1 Å². The van der Waals surface area contributed by atoms with Gasteiger partial charge in [-0.3, -0.25) is 4.79 Å². The Morgan fingerprint density at radius 1 is 0.732 bits per heavy atom. The van der Waals surface area contributed by atoms with Crippen LogP contribution in [0.25, 0.3) is 0 Å². The standard InChI is InChI=1S/C16H21NO4.C16H23NO3/c1-2-20-15(18)14-8-10-17(11-9-14)16(19)21-12-13-6-4-3-5-7-13;1-16(2,19)14-8-10-17(11-9-14)15(18)20-12-13-6-4-3-5-7-13/h3-7,14H,2,8-12H2,1H3;3-7,14,19H,8-12H2,1-2H3. The lowest BCUT2D eigenvalue weighted by atomic mass is 9.83. The van der Waals surface area contributed by atoms with E-state index >= 15 is 0 Å². The van der Waals surface area contributed by atoms with Gasteiger partial charge >= 0.3 is 18.2 Å². The molecular formula is C32H44N2O7.